The van der Waals surface area contributed by atoms with Gasteiger partial charge in [-0.1, -0.05) is 57.2 Å². The average Bonchev–Trinajstić information content (AvgIpc) is 2.60. The number of benzene rings is 1. The molecule has 3 nitrogen and oxygen atoms in total. The topological polar surface area (TPSA) is 29.5 Å². The van der Waals surface area contributed by atoms with E-state index in [9.17, 15) is 4.79 Å². The molecule has 0 saturated carbocycles. The number of hydrogen-bond acceptors (Lipinski definition) is 3. The highest BCUT2D eigenvalue weighted by atomic mass is 16.5. The normalized spacial score (nSPS) is 12.2. The lowest BCUT2D eigenvalue weighted by Gasteiger charge is -2.27. The number of hydrogen-bond donors (Lipinski definition) is 0. The fourth-order valence-corrected chi connectivity index (χ4v) is 2.98. The maximum Gasteiger partial charge on any atom is 0.337 e. The Bertz CT molecular complexity index is 481. The van der Waals surface area contributed by atoms with Crippen LogP contribution >= 0.6 is 0 Å². The molecule has 134 valence electrons. The van der Waals surface area contributed by atoms with E-state index in [2.05, 4.69) is 25.5 Å². The first-order valence-electron chi connectivity index (χ1n) is 9.10. The summed E-state index contributed by atoms with van der Waals surface area (Å²) in [5, 5.41) is 0. The van der Waals surface area contributed by atoms with Crippen molar-refractivity contribution in [3.63, 3.8) is 0 Å². The zero-order chi connectivity index (χ0) is 17.8. The quantitative estimate of drug-likeness (QED) is 0.299. The van der Waals surface area contributed by atoms with Gasteiger partial charge in [0.05, 0.1) is 12.7 Å². The Balaban J connectivity index is 2.52. The molecule has 1 aromatic carbocycles. The standard InChI is InChI=1S/C21H33NO2/c1-5-7-8-9-10-12-20(11-6-2)22(3)17-18-13-15-19(16-14-18)21(23)24-4/h6,13-16,20H,2,5,7-12,17H2,1,3-4H3. The van der Waals surface area contributed by atoms with Crippen molar-refractivity contribution in [1.82, 2.24) is 4.90 Å². The SMILES string of the molecule is C=CCC(CCCCCCC)N(C)Cc1ccc(C(=O)OC)cc1. The van der Waals surface area contributed by atoms with Crippen LogP contribution in [0, 0.1) is 0 Å². The molecule has 0 amide bonds. The molecule has 0 aromatic heterocycles. The van der Waals surface area contributed by atoms with Gasteiger partial charge in [0, 0.05) is 12.6 Å². The van der Waals surface area contributed by atoms with Crippen molar-refractivity contribution < 1.29 is 9.53 Å². The first kappa shape index (κ1) is 20.4. The first-order chi connectivity index (χ1) is 11.6. The van der Waals surface area contributed by atoms with E-state index in [0.717, 1.165) is 13.0 Å². The third kappa shape index (κ3) is 7.31. The van der Waals surface area contributed by atoms with Gasteiger partial charge in [-0.15, -0.1) is 6.58 Å². The van der Waals surface area contributed by atoms with Crippen LogP contribution in [0.4, 0.5) is 0 Å². The minimum Gasteiger partial charge on any atom is -0.465 e. The van der Waals surface area contributed by atoms with Gasteiger partial charge in [-0.2, -0.15) is 0 Å². The predicted octanol–water partition coefficient (Wildman–Crippen LogP) is 5.21. The molecule has 1 aromatic rings. The van der Waals surface area contributed by atoms with Gasteiger partial charge in [0.25, 0.3) is 0 Å². The Morgan fingerprint density at radius 3 is 2.46 bits per heavy atom. The summed E-state index contributed by atoms with van der Waals surface area (Å²) in [6, 6.07) is 8.22. The van der Waals surface area contributed by atoms with Crippen LogP contribution in [-0.2, 0) is 11.3 Å². The number of esters is 1. The van der Waals surface area contributed by atoms with Gasteiger partial charge < -0.3 is 4.74 Å². The molecule has 0 fully saturated rings. The molecule has 0 aliphatic heterocycles. The Labute approximate surface area is 147 Å². The van der Waals surface area contributed by atoms with Gasteiger partial charge in [0.2, 0.25) is 0 Å². The Morgan fingerprint density at radius 1 is 1.21 bits per heavy atom. The highest BCUT2D eigenvalue weighted by molar-refractivity contribution is 5.89. The smallest absolute Gasteiger partial charge is 0.337 e. The number of rotatable bonds is 12. The second-order valence-corrected chi connectivity index (χ2v) is 6.48. The summed E-state index contributed by atoms with van der Waals surface area (Å²) in [5.74, 6) is -0.286. The largest absolute Gasteiger partial charge is 0.465 e. The van der Waals surface area contributed by atoms with Crippen LogP contribution in [0.25, 0.3) is 0 Å². The molecule has 0 aliphatic rings. The molecular formula is C21H33NO2. The third-order valence-corrected chi connectivity index (χ3v) is 4.51. The molecule has 0 aliphatic carbocycles. The second-order valence-electron chi connectivity index (χ2n) is 6.48. The van der Waals surface area contributed by atoms with Crippen LogP contribution in [0.2, 0.25) is 0 Å². The molecule has 1 unspecified atom stereocenters. The minimum absolute atomic E-state index is 0.286. The summed E-state index contributed by atoms with van der Waals surface area (Å²) in [4.78, 5) is 13.9. The minimum atomic E-state index is -0.286. The summed E-state index contributed by atoms with van der Waals surface area (Å²) in [6.45, 7) is 7.04. The number of nitrogens with zero attached hydrogens (tertiary/aromatic N) is 1. The maximum atomic E-state index is 11.5. The number of ether oxygens (including phenoxy) is 1. The third-order valence-electron chi connectivity index (χ3n) is 4.51. The van der Waals surface area contributed by atoms with Gasteiger partial charge in [-0.05, 0) is 37.6 Å². The zero-order valence-corrected chi connectivity index (χ0v) is 15.6. The number of unbranched alkanes of at least 4 members (excludes halogenated alkanes) is 4. The zero-order valence-electron chi connectivity index (χ0n) is 15.6. The van der Waals surface area contributed by atoms with Gasteiger partial charge in [0.1, 0.15) is 0 Å². The summed E-state index contributed by atoms with van der Waals surface area (Å²) in [6.07, 6.45) is 10.8. The molecule has 0 radical (unpaired) electrons. The van der Waals surface area contributed by atoms with Crippen LogP contribution in [0.15, 0.2) is 36.9 Å². The van der Waals surface area contributed by atoms with E-state index in [1.165, 1.54) is 51.2 Å². The summed E-state index contributed by atoms with van der Waals surface area (Å²) in [7, 11) is 3.58. The summed E-state index contributed by atoms with van der Waals surface area (Å²) >= 11 is 0. The fourth-order valence-electron chi connectivity index (χ4n) is 2.98. The van der Waals surface area contributed by atoms with Crippen molar-refractivity contribution in [1.29, 1.82) is 0 Å². The number of methoxy groups -OCH3 is 1. The van der Waals surface area contributed by atoms with Crippen molar-refractivity contribution in [3.05, 3.63) is 48.0 Å². The van der Waals surface area contributed by atoms with Crippen LogP contribution in [0.3, 0.4) is 0 Å². The van der Waals surface area contributed by atoms with Crippen LogP contribution in [0.1, 0.15) is 67.8 Å². The van der Waals surface area contributed by atoms with E-state index in [4.69, 9.17) is 4.74 Å². The molecular weight excluding hydrogens is 298 g/mol. The average molecular weight is 332 g/mol. The van der Waals surface area contributed by atoms with E-state index >= 15 is 0 Å². The summed E-state index contributed by atoms with van der Waals surface area (Å²) in [5.41, 5.74) is 1.81. The van der Waals surface area contributed by atoms with E-state index in [0.29, 0.717) is 11.6 Å². The molecule has 1 rings (SSSR count). The molecule has 0 spiro atoms. The lowest BCUT2D eigenvalue weighted by atomic mass is 10.0. The highest BCUT2D eigenvalue weighted by Gasteiger charge is 2.14. The number of carbonyl (C=O) groups is 1. The van der Waals surface area contributed by atoms with E-state index in [1.54, 1.807) is 0 Å². The predicted molar refractivity (Wildman–Crippen MR) is 101 cm³/mol. The molecule has 0 N–H and O–H groups in total. The highest BCUT2D eigenvalue weighted by Crippen LogP contribution is 2.17. The first-order valence-corrected chi connectivity index (χ1v) is 9.10. The van der Waals surface area contributed by atoms with Gasteiger partial charge >= 0.3 is 5.97 Å². The van der Waals surface area contributed by atoms with E-state index < -0.39 is 0 Å². The molecule has 3 heteroatoms. The number of carbonyl (C=O) groups excluding carboxylic acids is 1. The molecule has 0 bridgehead atoms. The van der Waals surface area contributed by atoms with Gasteiger partial charge in [-0.25, -0.2) is 4.79 Å². The molecule has 24 heavy (non-hydrogen) atoms. The van der Waals surface area contributed by atoms with Crippen molar-refractivity contribution in [2.75, 3.05) is 14.2 Å². The Hall–Kier alpha value is -1.61. The van der Waals surface area contributed by atoms with Crippen molar-refractivity contribution in [2.45, 2.75) is 64.5 Å². The van der Waals surface area contributed by atoms with Gasteiger partial charge in [-0.3, -0.25) is 4.90 Å². The van der Waals surface area contributed by atoms with E-state index in [1.807, 2.05) is 30.3 Å². The molecule has 0 heterocycles. The summed E-state index contributed by atoms with van der Waals surface area (Å²) < 4.78 is 4.74. The van der Waals surface area contributed by atoms with Crippen molar-refractivity contribution >= 4 is 5.97 Å². The van der Waals surface area contributed by atoms with Crippen LogP contribution in [-0.4, -0.2) is 31.1 Å². The molecule has 0 saturated heterocycles. The van der Waals surface area contributed by atoms with Gasteiger partial charge in [0.15, 0.2) is 0 Å². The van der Waals surface area contributed by atoms with E-state index in [-0.39, 0.29) is 5.97 Å². The second kappa shape index (κ2) is 11.9. The van der Waals surface area contributed by atoms with Crippen molar-refractivity contribution in [2.24, 2.45) is 0 Å². The Morgan fingerprint density at radius 2 is 1.88 bits per heavy atom. The molecule has 1 atom stereocenters. The lowest BCUT2D eigenvalue weighted by Crippen LogP contribution is -2.30. The lowest BCUT2D eigenvalue weighted by molar-refractivity contribution is 0.0600. The maximum absolute atomic E-state index is 11.5. The monoisotopic (exact) mass is 331 g/mol. The van der Waals surface area contributed by atoms with Crippen molar-refractivity contribution in [3.8, 4) is 0 Å². The van der Waals surface area contributed by atoms with Crippen LogP contribution < -0.4 is 0 Å². The Kier molecular flexibility index (Phi) is 10.1. The van der Waals surface area contributed by atoms with Crippen LogP contribution in [0.5, 0.6) is 0 Å². The fraction of sp³-hybridized carbons (Fsp3) is 0.571.